The van der Waals surface area contributed by atoms with Crippen molar-refractivity contribution in [2.75, 3.05) is 0 Å². The van der Waals surface area contributed by atoms with Crippen molar-refractivity contribution < 1.29 is 0 Å². The molecule has 0 saturated carbocycles. The largest absolute Gasteiger partial charge is 0.304 e. The predicted molar refractivity (Wildman–Crippen MR) is 60.5 cm³/mol. The van der Waals surface area contributed by atoms with Crippen LogP contribution in [0.2, 0.25) is 0 Å². The highest BCUT2D eigenvalue weighted by atomic mass is 15.0. The molecule has 0 aliphatic rings. The van der Waals surface area contributed by atoms with Crippen LogP contribution >= 0.6 is 0 Å². The summed E-state index contributed by atoms with van der Waals surface area (Å²) in [7, 11) is 0. The molecule has 0 aromatic carbocycles. The maximum Gasteiger partial charge on any atom is 0.136 e. The van der Waals surface area contributed by atoms with Gasteiger partial charge < -0.3 is 4.40 Å². The molecule has 0 aliphatic heterocycles. The van der Waals surface area contributed by atoms with Crippen molar-refractivity contribution in [1.29, 1.82) is 0 Å². The van der Waals surface area contributed by atoms with E-state index < -0.39 is 0 Å². The molecule has 2 aromatic rings. The number of aromatic nitrogens is 2. The number of aryl methyl sites for hydroxylation is 1. The van der Waals surface area contributed by atoms with Crippen molar-refractivity contribution in [2.24, 2.45) is 0 Å². The average Bonchev–Trinajstić information content (AvgIpc) is 2.62. The first kappa shape index (κ1) is 10.8. The quantitative estimate of drug-likeness (QED) is 0.674. The van der Waals surface area contributed by atoms with E-state index in [0.29, 0.717) is 0 Å². The first-order valence-corrected chi connectivity index (χ1v) is 5.24. The first-order valence-electron chi connectivity index (χ1n) is 5.24. The Hall–Kier alpha value is -1.31. The number of hydrogen-bond donors (Lipinski definition) is 0. The van der Waals surface area contributed by atoms with Crippen molar-refractivity contribution in [2.45, 2.75) is 33.6 Å². The molecule has 0 spiro atoms. The third-order valence-corrected chi connectivity index (χ3v) is 1.86. The summed E-state index contributed by atoms with van der Waals surface area (Å²) in [5.74, 6) is 0. The van der Waals surface area contributed by atoms with Crippen LogP contribution in [0.25, 0.3) is 5.65 Å². The molecule has 0 N–H and O–H groups in total. The highest BCUT2D eigenvalue weighted by Crippen LogP contribution is 2.05. The van der Waals surface area contributed by atoms with Gasteiger partial charge in [-0.05, 0) is 18.6 Å². The summed E-state index contributed by atoms with van der Waals surface area (Å²) in [4.78, 5) is 4.25. The Bertz CT molecular complexity index is 376. The van der Waals surface area contributed by atoms with E-state index in [4.69, 9.17) is 0 Å². The molecule has 2 heteroatoms. The topological polar surface area (TPSA) is 17.3 Å². The van der Waals surface area contributed by atoms with Crippen molar-refractivity contribution in [1.82, 2.24) is 9.38 Å². The molecule has 0 saturated heterocycles. The number of fused-ring (bicyclic) bond motifs is 1. The fourth-order valence-corrected chi connectivity index (χ4v) is 1.25. The van der Waals surface area contributed by atoms with Crippen LogP contribution in [0.5, 0.6) is 0 Å². The van der Waals surface area contributed by atoms with Gasteiger partial charge in [0.2, 0.25) is 0 Å². The minimum Gasteiger partial charge on any atom is -0.304 e. The van der Waals surface area contributed by atoms with Gasteiger partial charge in [0.15, 0.2) is 0 Å². The molecule has 0 fully saturated rings. The van der Waals surface area contributed by atoms with Gasteiger partial charge in [-0.1, -0.05) is 33.3 Å². The van der Waals surface area contributed by atoms with E-state index >= 15 is 0 Å². The number of nitrogens with zero attached hydrogens (tertiary/aromatic N) is 2. The predicted octanol–water partition coefficient (Wildman–Crippen LogP) is 3.31. The van der Waals surface area contributed by atoms with Gasteiger partial charge in [-0.15, -0.1) is 0 Å². The molecule has 0 amide bonds. The highest BCUT2D eigenvalue weighted by molar-refractivity contribution is 5.39. The normalized spacial score (nSPS) is 9.64. The Balaban J connectivity index is 0.000000293. The van der Waals surface area contributed by atoms with Crippen molar-refractivity contribution in [3.63, 3.8) is 0 Å². The number of pyridine rings is 1. The summed E-state index contributed by atoms with van der Waals surface area (Å²) < 4.78 is 2.11. The second kappa shape index (κ2) is 5.43. The van der Waals surface area contributed by atoms with Gasteiger partial charge in [-0.25, -0.2) is 4.98 Å². The van der Waals surface area contributed by atoms with Crippen LogP contribution < -0.4 is 0 Å². The van der Waals surface area contributed by atoms with Crippen LogP contribution in [-0.4, -0.2) is 9.38 Å². The van der Waals surface area contributed by atoms with Gasteiger partial charge in [0.25, 0.3) is 0 Å². The molecule has 2 heterocycles. The van der Waals surface area contributed by atoms with Crippen molar-refractivity contribution in [3.8, 4) is 0 Å². The van der Waals surface area contributed by atoms with E-state index in [-0.39, 0.29) is 0 Å². The molecule has 0 atom stereocenters. The molecule has 2 aromatic heterocycles. The lowest BCUT2D eigenvalue weighted by molar-refractivity contribution is 0.995. The third kappa shape index (κ3) is 2.34. The zero-order valence-electron chi connectivity index (χ0n) is 9.20. The number of rotatable bonds is 1. The van der Waals surface area contributed by atoms with E-state index in [1.807, 2.05) is 30.6 Å². The molecule has 0 unspecified atom stereocenters. The lowest BCUT2D eigenvalue weighted by Gasteiger charge is -1.95. The monoisotopic (exact) mass is 190 g/mol. The zero-order chi connectivity index (χ0) is 10.4. The Kier molecular flexibility index (Phi) is 4.17. The van der Waals surface area contributed by atoms with Crippen LogP contribution in [0.3, 0.4) is 0 Å². The maximum atomic E-state index is 4.25. The van der Waals surface area contributed by atoms with E-state index in [1.165, 1.54) is 12.1 Å². The van der Waals surface area contributed by atoms with Crippen LogP contribution in [0.15, 0.2) is 30.6 Å². The van der Waals surface area contributed by atoms with E-state index in [1.54, 1.807) is 0 Å². The summed E-state index contributed by atoms with van der Waals surface area (Å²) in [5, 5.41) is 0. The lowest BCUT2D eigenvalue weighted by atomic mass is 10.4. The Labute approximate surface area is 85.6 Å². The number of hydrogen-bond acceptors (Lipinski definition) is 1. The van der Waals surface area contributed by atoms with Crippen molar-refractivity contribution in [3.05, 3.63) is 36.3 Å². The standard InChI is InChI=1S/C9H10N2.C3H8/c1-2-8-7-10-9-5-3-4-6-11(8)9;1-3-2/h3-7H,2H2,1H3;3H2,1-2H3. The van der Waals surface area contributed by atoms with Gasteiger partial charge in [-0.2, -0.15) is 0 Å². The molecule has 14 heavy (non-hydrogen) atoms. The van der Waals surface area contributed by atoms with Gasteiger partial charge in [-0.3, -0.25) is 0 Å². The molecular weight excluding hydrogens is 172 g/mol. The maximum absolute atomic E-state index is 4.25. The smallest absolute Gasteiger partial charge is 0.136 e. The fourth-order valence-electron chi connectivity index (χ4n) is 1.25. The third-order valence-electron chi connectivity index (χ3n) is 1.86. The summed E-state index contributed by atoms with van der Waals surface area (Å²) >= 11 is 0. The Morgan fingerprint density at radius 2 is 1.93 bits per heavy atom. The SMILES string of the molecule is CCC.CCc1cnc2ccccn12. The van der Waals surface area contributed by atoms with Gasteiger partial charge in [0.05, 0.1) is 0 Å². The van der Waals surface area contributed by atoms with Gasteiger partial charge >= 0.3 is 0 Å². The zero-order valence-corrected chi connectivity index (χ0v) is 9.20. The van der Waals surface area contributed by atoms with Crippen LogP contribution in [0.4, 0.5) is 0 Å². The second-order valence-corrected chi connectivity index (χ2v) is 3.24. The van der Waals surface area contributed by atoms with Gasteiger partial charge in [0, 0.05) is 18.1 Å². The van der Waals surface area contributed by atoms with E-state index in [9.17, 15) is 0 Å². The molecule has 0 aliphatic carbocycles. The molecule has 2 rings (SSSR count). The molecule has 0 bridgehead atoms. The average molecular weight is 190 g/mol. The minimum atomic E-state index is 1.03. The summed E-state index contributed by atoms with van der Waals surface area (Å²) in [6, 6.07) is 6.04. The highest BCUT2D eigenvalue weighted by Gasteiger charge is 1.97. The molecule has 76 valence electrons. The van der Waals surface area contributed by atoms with Crippen LogP contribution in [0, 0.1) is 0 Å². The first-order chi connectivity index (χ1) is 6.83. The lowest BCUT2D eigenvalue weighted by Crippen LogP contribution is -1.88. The summed E-state index contributed by atoms with van der Waals surface area (Å²) in [6.07, 6.45) is 6.25. The summed E-state index contributed by atoms with van der Waals surface area (Å²) in [5.41, 5.74) is 2.30. The van der Waals surface area contributed by atoms with E-state index in [2.05, 4.69) is 30.2 Å². The van der Waals surface area contributed by atoms with Crippen LogP contribution in [0.1, 0.15) is 32.9 Å². The van der Waals surface area contributed by atoms with Crippen LogP contribution in [-0.2, 0) is 6.42 Å². The van der Waals surface area contributed by atoms with Crippen molar-refractivity contribution >= 4 is 5.65 Å². The molecular formula is C12H18N2. The molecule has 2 nitrogen and oxygen atoms in total. The minimum absolute atomic E-state index is 1.03. The summed E-state index contributed by atoms with van der Waals surface area (Å²) in [6.45, 7) is 6.39. The number of imidazole rings is 1. The Morgan fingerprint density at radius 1 is 1.21 bits per heavy atom. The van der Waals surface area contributed by atoms with Gasteiger partial charge in [0.1, 0.15) is 5.65 Å². The fraction of sp³-hybridized carbons (Fsp3) is 0.417. The van der Waals surface area contributed by atoms with E-state index in [0.717, 1.165) is 12.1 Å². The molecule has 0 radical (unpaired) electrons. The Morgan fingerprint density at radius 3 is 2.57 bits per heavy atom. The second-order valence-electron chi connectivity index (χ2n) is 3.24.